The largest absolute Gasteiger partial charge is 0.316 e. The Balaban J connectivity index is 1.69. The molecule has 4 nitrogen and oxygen atoms in total. The van der Waals surface area contributed by atoms with Crippen LogP contribution in [-0.2, 0) is 17.6 Å². The molecule has 1 aromatic rings. The molecule has 0 saturated heterocycles. The van der Waals surface area contributed by atoms with Crippen LogP contribution in [0.2, 0.25) is 0 Å². The maximum atomic E-state index is 12.3. The average molecular weight is 394 g/mol. The molecule has 0 bridgehead atoms. The van der Waals surface area contributed by atoms with Crippen LogP contribution >= 0.6 is 34.9 Å². The van der Waals surface area contributed by atoms with Crippen LogP contribution in [0.1, 0.15) is 43.2 Å². The third-order valence-electron chi connectivity index (χ3n) is 4.74. The third-order valence-corrected chi connectivity index (χ3v) is 8.16. The average Bonchev–Trinajstić information content (AvgIpc) is 3.18. The highest BCUT2D eigenvalue weighted by Gasteiger charge is 2.32. The van der Waals surface area contributed by atoms with Crippen LogP contribution in [-0.4, -0.2) is 28.3 Å². The van der Waals surface area contributed by atoms with Crippen molar-refractivity contribution in [3.63, 3.8) is 0 Å². The summed E-state index contributed by atoms with van der Waals surface area (Å²) in [5, 5.41) is 13.3. The van der Waals surface area contributed by atoms with E-state index in [1.165, 1.54) is 16.6 Å². The number of nitriles is 1. The molecule has 7 heteroatoms. The van der Waals surface area contributed by atoms with E-state index in [-0.39, 0.29) is 11.3 Å². The van der Waals surface area contributed by atoms with E-state index in [9.17, 15) is 10.1 Å². The number of thiophene rings is 1. The number of carbonyl (C=O) groups is 1. The van der Waals surface area contributed by atoms with Gasteiger partial charge in [-0.2, -0.15) is 5.26 Å². The minimum absolute atomic E-state index is 0.0531. The normalized spacial score (nSPS) is 19.9. The number of nitrogens with one attached hydrogen (secondary N) is 1. The van der Waals surface area contributed by atoms with Gasteiger partial charge in [-0.15, -0.1) is 11.3 Å². The molecule has 0 saturated carbocycles. The lowest BCUT2D eigenvalue weighted by molar-refractivity contribution is -0.113. The van der Waals surface area contributed by atoms with Crippen LogP contribution < -0.4 is 5.32 Å². The number of aliphatic imine (C=N–C) groups is 1. The van der Waals surface area contributed by atoms with Gasteiger partial charge < -0.3 is 5.32 Å². The quantitative estimate of drug-likeness (QED) is 0.818. The molecule has 2 heterocycles. The van der Waals surface area contributed by atoms with Crippen molar-refractivity contribution in [2.75, 3.05) is 23.4 Å². The van der Waals surface area contributed by atoms with Gasteiger partial charge in [0.25, 0.3) is 0 Å². The molecule has 1 aliphatic carbocycles. The second-order valence-corrected chi connectivity index (χ2v) is 10.9. The van der Waals surface area contributed by atoms with E-state index in [4.69, 9.17) is 0 Å². The van der Waals surface area contributed by atoms with Gasteiger partial charge in [0.05, 0.1) is 17.9 Å². The predicted molar refractivity (Wildman–Crippen MR) is 110 cm³/mol. The van der Waals surface area contributed by atoms with Crippen molar-refractivity contribution in [3.05, 3.63) is 16.0 Å². The Bertz CT molecular complexity index is 740. The zero-order chi connectivity index (χ0) is 18.0. The third kappa shape index (κ3) is 4.42. The minimum atomic E-state index is -0.0531. The van der Waals surface area contributed by atoms with E-state index >= 15 is 0 Å². The summed E-state index contributed by atoms with van der Waals surface area (Å²) >= 11 is 4.79. The predicted octanol–water partition coefficient (Wildman–Crippen LogP) is 4.55. The molecular weight excluding hydrogens is 370 g/mol. The Kier molecular flexibility index (Phi) is 5.81. The topological polar surface area (TPSA) is 65.2 Å². The first-order valence-corrected chi connectivity index (χ1v) is 11.3. The fourth-order valence-corrected chi connectivity index (χ4v) is 6.33. The summed E-state index contributed by atoms with van der Waals surface area (Å²) in [4.78, 5) is 17.9. The monoisotopic (exact) mass is 393 g/mol. The van der Waals surface area contributed by atoms with Crippen LogP contribution in [0.5, 0.6) is 0 Å². The Labute approximate surface area is 161 Å². The standard InChI is InChI=1S/C18H23N3OS3/c1-18(2,3)11-4-5-12-13(9-19)16(25-14(12)8-11)21-15(22)10-24-17-20-6-7-23-17/h11H,4-8,10H2,1-3H3,(H,21,22)/t11-/m0/s1. The Hall–Kier alpha value is -0.970. The Morgan fingerprint density at radius 3 is 2.92 bits per heavy atom. The minimum Gasteiger partial charge on any atom is -0.316 e. The molecule has 0 fully saturated rings. The summed E-state index contributed by atoms with van der Waals surface area (Å²) in [6, 6.07) is 2.32. The first-order valence-electron chi connectivity index (χ1n) is 8.53. The Morgan fingerprint density at radius 1 is 1.48 bits per heavy atom. The summed E-state index contributed by atoms with van der Waals surface area (Å²) in [5.41, 5.74) is 2.11. The number of amides is 1. The zero-order valence-electron chi connectivity index (χ0n) is 14.8. The fourth-order valence-electron chi connectivity index (χ4n) is 3.22. The highest BCUT2D eigenvalue weighted by molar-refractivity contribution is 8.39. The smallest absolute Gasteiger partial charge is 0.235 e. The number of hydrogen-bond acceptors (Lipinski definition) is 6. The van der Waals surface area contributed by atoms with Crippen LogP contribution in [0, 0.1) is 22.7 Å². The molecule has 1 aromatic heterocycles. The van der Waals surface area contributed by atoms with Crippen LogP contribution in [0.15, 0.2) is 4.99 Å². The van der Waals surface area contributed by atoms with Crippen molar-refractivity contribution in [1.82, 2.24) is 0 Å². The maximum Gasteiger partial charge on any atom is 0.235 e. The lowest BCUT2D eigenvalue weighted by Crippen LogP contribution is -2.26. The van der Waals surface area contributed by atoms with Gasteiger partial charge in [0.2, 0.25) is 5.91 Å². The van der Waals surface area contributed by atoms with Gasteiger partial charge in [0.15, 0.2) is 0 Å². The molecule has 134 valence electrons. The molecule has 0 spiro atoms. The molecular formula is C18H23N3OS3. The van der Waals surface area contributed by atoms with E-state index in [2.05, 4.69) is 37.1 Å². The van der Waals surface area contributed by atoms with Crippen molar-refractivity contribution in [2.24, 2.45) is 16.3 Å². The van der Waals surface area contributed by atoms with E-state index in [1.54, 1.807) is 23.1 Å². The lowest BCUT2D eigenvalue weighted by Gasteiger charge is -2.33. The van der Waals surface area contributed by atoms with Crippen LogP contribution in [0.4, 0.5) is 5.00 Å². The molecule has 1 amide bonds. The van der Waals surface area contributed by atoms with Gasteiger partial charge in [-0.25, -0.2) is 0 Å². The number of fused-ring (bicyclic) bond motifs is 1. The SMILES string of the molecule is CC(C)(C)[C@H]1CCc2c(sc(NC(=O)CSC3=NCCS3)c2C#N)C1. The number of thioether (sulfide) groups is 2. The molecule has 0 radical (unpaired) electrons. The highest BCUT2D eigenvalue weighted by atomic mass is 32.2. The van der Waals surface area contributed by atoms with Crippen molar-refractivity contribution < 1.29 is 4.79 Å². The fraction of sp³-hybridized carbons (Fsp3) is 0.611. The van der Waals surface area contributed by atoms with E-state index < -0.39 is 0 Å². The molecule has 0 aromatic carbocycles. The molecule has 1 atom stereocenters. The van der Waals surface area contributed by atoms with Crippen molar-refractivity contribution in [1.29, 1.82) is 5.26 Å². The molecule has 3 rings (SSSR count). The lowest BCUT2D eigenvalue weighted by atomic mass is 9.72. The molecule has 25 heavy (non-hydrogen) atoms. The van der Waals surface area contributed by atoms with Crippen molar-refractivity contribution in [2.45, 2.75) is 40.0 Å². The summed E-state index contributed by atoms with van der Waals surface area (Å²) < 4.78 is 0.995. The first kappa shape index (κ1) is 18.8. The number of hydrogen-bond donors (Lipinski definition) is 1. The number of nitrogens with zero attached hydrogens (tertiary/aromatic N) is 2. The van der Waals surface area contributed by atoms with Gasteiger partial charge >= 0.3 is 0 Å². The zero-order valence-corrected chi connectivity index (χ0v) is 17.3. The summed E-state index contributed by atoms with van der Waals surface area (Å²) in [7, 11) is 0. The highest BCUT2D eigenvalue weighted by Crippen LogP contribution is 2.44. The molecule has 1 aliphatic heterocycles. The van der Waals surface area contributed by atoms with E-state index in [1.807, 2.05) is 0 Å². The number of rotatable bonds is 3. The molecule has 1 N–H and O–H groups in total. The van der Waals surface area contributed by atoms with Crippen LogP contribution in [0.25, 0.3) is 0 Å². The second-order valence-electron chi connectivity index (χ2n) is 7.46. The summed E-state index contributed by atoms with van der Waals surface area (Å²) in [6.07, 6.45) is 3.06. The van der Waals surface area contributed by atoms with Gasteiger partial charge in [0, 0.05) is 10.6 Å². The first-order chi connectivity index (χ1) is 11.9. The molecule has 0 unspecified atom stereocenters. The van der Waals surface area contributed by atoms with Gasteiger partial charge in [-0.05, 0) is 36.2 Å². The summed E-state index contributed by atoms with van der Waals surface area (Å²) in [5.74, 6) is 1.93. The van der Waals surface area contributed by atoms with Crippen molar-refractivity contribution in [3.8, 4) is 6.07 Å². The van der Waals surface area contributed by atoms with Gasteiger partial charge in [-0.3, -0.25) is 9.79 Å². The van der Waals surface area contributed by atoms with E-state index in [0.29, 0.717) is 17.2 Å². The second kappa shape index (κ2) is 7.73. The molecule has 2 aliphatic rings. The maximum absolute atomic E-state index is 12.3. The van der Waals surface area contributed by atoms with Crippen LogP contribution in [0.3, 0.4) is 0 Å². The number of anilines is 1. The van der Waals surface area contributed by atoms with Gasteiger partial charge in [0.1, 0.15) is 15.4 Å². The van der Waals surface area contributed by atoms with E-state index in [0.717, 1.165) is 46.5 Å². The van der Waals surface area contributed by atoms with Crippen molar-refractivity contribution >= 4 is 50.1 Å². The Morgan fingerprint density at radius 2 is 2.28 bits per heavy atom. The number of carbonyl (C=O) groups excluding carboxylic acids is 1. The van der Waals surface area contributed by atoms with Gasteiger partial charge in [-0.1, -0.05) is 44.3 Å². The summed E-state index contributed by atoms with van der Waals surface area (Å²) in [6.45, 7) is 7.70.